The predicted octanol–water partition coefficient (Wildman–Crippen LogP) is 3.42. The van der Waals surface area contributed by atoms with Crippen molar-refractivity contribution >= 4 is 11.3 Å². The van der Waals surface area contributed by atoms with Crippen molar-refractivity contribution in [2.45, 2.75) is 0 Å². The summed E-state index contributed by atoms with van der Waals surface area (Å²) >= 11 is 0. The molecule has 0 radical (unpaired) electrons. The number of pyridine rings is 1. The molecule has 0 atom stereocenters. The van der Waals surface area contributed by atoms with E-state index in [-0.39, 0.29) is 6.61 Å². The average Bonchev–Trinajstić information content (AvgIpc) is 2.96. The lowest BCUT2D eigenvalue weighted by atomic mass is 10.1. The van der Waals surface area contributed by atoms with Crippen molar-refractivity contribution in [3.63, 3.8) is 0 Å². The van der Waals surface area contributed by atoms with Gasteiger partial charge in [0.1, 0.15) is 24.7 Å². The maximum absolute atomic E-state index is 12.5. The van der Waals surface area contributed by atoms with Gasteiger partial charge in [-0.05, 0) is 24.3 Å². The van der Waals surface area contributed by atoms with Crippen LogP contribution in [0.3, 0.4) is 0 Å². The summed E-state index contributed by atoms with van der Waals surface area (Å²) in [6.45, 7) is -0.478. The van der Waals surface area contributed by atoms with Crippen molar-refractivity contribution in [2.24, 2.45) is 0 Å². The van der Waals surface area contributed by atoms with Gasteiger partial charge in [0.25, 0.3) is 0 Å². The van der Waals surface area contributed by atoms with Crippen LogP contribution in [0.25, 0.3) is 16.9 Å². The van der Waals surface area contributed by atoms with Crippen LogP contribution in [0.5, 0.6) is 5.75 Å². The van der Waals surface area contributed by atoms with E-state index in [0.717, 1.165) is 22.6 Å². The van der Waals surface area contributed by atoms with Crippen molar-refractivity contribution in [3.8, 4) is 17.0 Å². The standard InChI is InChI=1S/C17H18FN3O/c1-20(2)14-6-5-7-15(22-11-9-18)17(14)13-12-21-10-4-3-8-16(21)19-13/h3-8,10,12H,9,11H2,1-2H3. The van der Waals surface area contributed by atoms with E-state index in [1.54, 1.807) is 0 Å². The zero-order valence-electron chi connectivity index (χ0n) is 12.7. The van der Waals surface area contributed by atoms with E-state index in [1.165, 1.54) is 0 Å². The van der Waals surface area contributed by atoms with Gasteiger partial charge in [0.05, 0.1) is 11.3 Å². The van der Waals surface area contributed by atoms with Crippen LogP contribution in [0.2, 0.25) is 0 Å². The SMILES string of the molecule is CN(C)c1cccc(OCCF)c1-c1cn2ccccc2n1. The molecule has 0 saturated carbocycles. The van der Waals surface area contributed by atoms with Crippen molar-refractivity contribution in [3.05, 3.63) is 48.8 Å². The second-order valence-electron chi connectivity index (χ2n) is 5.17. The Balaban J connectivity index is 2.17. The smallest absolute Gasteiger partial charge is 0.137 e. The summed E-state index contributed by atoms with van der Waals surface area (Å²) in [7, 11) is 3.93. The molecule has 1 aromatic carbocycles. The van der Waals surface area contributed by atoms with Gasteiger partial charge in [0, 0.05) is 32.2 Å². The van der Waals surface area contributed by atoms with Gasteiger partial charge >= 0.3 is 0 Å². The van der Waals surface area contributed by atoms with Crippen LogP contribution < -0.4 is 9.64 Å². The summed E-state index contributed by atoms with van der Waals surface area (Å²) in [5, 5.41) is 0. The van der Waals surface area contributed by atoms with E-state index < -0.39 is 6.67 Å². The van der Waals surface area contributed by atoms with Crippen LogP contribution in [0, 0.1) is 0 Å². The molecular weight excluding hydrogens is 281 g/mol. The zero-order chi connectivity index (χ0) is 15.5. The van der Waals surface area contributed by atoms with Gasteiger partial charge in [-0.3, -0.25) is 0 Å². The second-order valence-corrected chi connectivity index (χ2v) is 5.17. The largest absolute Gasteiger partial charge is 0.490 e. The first-order valence-corrected chi connectivity index (χ1v) is 7.14. The van der Waals surface area contributed by atoms with Gasteiger partial charge < -0.3 is 14.0 Å². The van der Waals surface area contributed by atoms with Crippen LogP contribution in [0.15, 0.2) is 48.8 Å². The Morgan fingerprint density at radius 1 is 1.18 bits per heavy atom. The van der Waals surface area contributed by atoms with Crippen LogP contribution in [-0.4, -0.2) is 36.8 Å². The summed E-state index contributed by atoms with van der Waals surface area (Å²) in [5.41, 5.74) is 3.54. The Morgan fingerprint density at radius 2 is 2.05 bits per heavy atom. The number of hydrogen-bond acceptors (Lipinski definition) is 3. The maximum atomic E-state index is 12.5. The number of ether oxygens (including phenoxy) is 1. The van der Waals surface area contributed by atoms with E-state index in [9.17, 15) is 4.39 Å². The summed E-state index contributed by atoms with van der Waals surface area (Å²) in [5.74, 6) is 0.646. The fourth-order valence-electron chi connectivity index (χ4n) is 2.47. The number of nitrogens with zero attached hydrogens (tertiary/aromatic N) is 3. The lowest BCUT2D eigenvalue weighted by molar-refractivity contribution is 0.274. The molecule has 22 heavy (non-hydrogen) atoms. The van der Waals surface area contributed by atoms with Crippen LogP contribution >= 0.6 is 0 Å². The number of aromatic nitrogens is 2. The second kappa shape index (κ2) is 6.05. The Kier molecular flexibility index (Phi) is 3.96. The summed E-state index contributed by atoms with van der Waals surface area (Å²) in [6.07, 6.45) is 3.91. The molecule has 0 unspecified atom stereocenters. The van der Waals surface area contributed by atoms with Gasteiger partial charge in [-0.15, -0.1) is 0 Å². The Labute approximate surface area is 128 Å². The van der Waals surface area contributed by atoms with Gasteiger partial charge in [-0.1, -0.05) is 12.1 Å². The van der Waals surface area contributed by atoms with Crippen LogP contribution in [-0.2, 0) is 0 Å². The van der Waals surface area contributed by atoms with E-state index in [1.807, 2.05) is 72.2 Å². The molecule has 0 bridgehead atoms. The molecular formula is C17H18FN3O. The van der Waals surface area contributed by atoms with Crippen LogP contribution in [0.4, 0.5) is 10.1 Å². The van der Waals surface area contributed by atoms with E-state index in [4.69, 9.17) is 4.74 Å². The lowest BCUT2D eigenvalue weighted by Crippen LogP contribution is -2.11. The third-order valence-electron chi connectivity index (χ3n) is 3.44. The summed E-state index contributed by atoms with van der Waals surface area (Å²) < 4.78 is 20.0. The zero-order valence-corrected chi connectivity index (χ0v) is 12.7. The van der Waals surface area contributed by atoms with Gasteiger partial charge in [0.2, 0.25) is 0 Å². The highest BCUT2D eigenvalue weighted by atomic mass is 19.1. The third kappa shape index (κ3) is 2.62. The van der Waals surface area contributed by atoms with Crippen LogP contribution in [0.1, 0.15) is 0 Å². The molecule has 0 aliphatic heterocycles. The number of benzene rings is 1. The molecule has 2 heterocycles. The van der Waals surface area contributed by atoms with Gasteiger partial charge in [0.15, 0.2) is 0 Å². The quantitative estimate of drug-likeness (QED) is 0.723. The summed E-state index contributed by atoms with van der Waals surface area (Å²) in [4.78, 5) is 6.66. The van der Waals surface area contributed by atoms with E-state index in [2.05, 4.69) is 4.98 Å². The maximum Gasteiger partial charge on any atom is 0.137 e. The molecule has 0 fully saturated rings. The molecule has 3 aromatic rings. The highest BCUT2D eigenvalue weighted by Gasteiger charge is 2.16. The van der Waals surface area contributed by atoms with Gasteiger partial charge in [-0.25, -0.2) is 9.37 Å². The van der Waals surface area contributed by atoms with Crippen molar-refractivity contribution < 1.29 is 9.13 Å². The fraction of sp³-hybridized carbons (Fsp3) is 0.235. The topological polar surface area (TPSA) is 29.8 Å². The molecule has 0 spiro atoms. The third-order valence-corrected chi connectivity index (χ3v) is 3.44. The first-order valence-electron chi connectivity index (χ1n) is 7.14. The van der Waals surface area contributed by atoms with Crippen molar-refractivity contribution in [1.29, 1.82) is 0 Å². The molecule has 0 saturated heterocycles. The normalized spacial score (nSPS) is 10.9. The van der Waals surface area contributed by atoms with E-state index >= 15 is 0 Å². The Bertz CT molecular complexity index is 749. The number of alkyl halides is 1. The van der Waals surface area contributed by atoms with E-state index in [0.29, 0.717) is 5.75 Å². The number of rotatable bonds is 5. The first kappa shape index (κ1) is 14.4. The number of anilines is 1. The first-order chi connectivity index (χ1) is 10.7. The average molecular weight is 299 g/mol. The molecule has 4 nitrogen and oxygen atoms in total. The van der Waals surface area contributed by atoms with Gasteiger partial charge in [-0.2, -0.15) is 0 Å². The molecule has 0 aliphatic rings. The Hall–Kier alpha value is -2.56. The molecule has 3 rings (SSSR count). The Morgan fingerprint density at radius 3 is 2.77 bits per heavy atom. The number of hydrogen-bond donors (Lipinski definition) is 0. The minimum Gasteiger partial charge on any atom is -0.490 e. The lowest BCUT2D eigenvalue weighted by Gasteiger charge is -2.19. The number of halogens is 1. The highest BCUT2D eigenvalue weighted by molar-refractivity contribution is 5.82. The molecule has 114 valence electrons. The summed E-state index contributed by atoms with van der Waals surface area (Å²) in [6, 6.07) is 11.6. The number of fused-ring (bicyclic) bond motifs is 1. The molecule has 0 N–H and O–H groups in total. The number of imidazole rings is 1. The molecule has 2 aromatic heterocycles. The minimum absolute atomic E-state index is 0.0389. The monoisotopic (exact) mass is 299 g/mol. The predicted molar refractivity (Wildman–Crippen MR) is 86.4 cm³/mol. The highest BCUT2D eigenvalue weighted by Crippen LogP contribution is 2.37. The minimum atomic E-state index is -0.517. The molecule has 0 amide bonds. The van der Waals surface area contributed by atoms with Crippen molar-refractivity contribution in [2.75, 3.05) is 32.3 Å². The molecule has 5 heteroatoms. The molecule has 0 aliphatic carbocycles. The van der Waals surface area contributed by atoms with Crippen molar-refractivity contribution in [1.82, 2.24) is 9.38 Å². The fourth-order valence-corrected chi connectivity index (χ4v) is 2.47.